The number of carbonyl (C=O) groups is 2. The third-order valence-electron chi connectivity index (χ3n) is 4.78. The van der Waals surface area contributed by atoms with E-state index in [4.69, 9.17) is 9.47 Å². The molecule has 5 nitrogen and oxygen atoms in total. The van der Waals surface area contributed by atoms with Crippen molar-refractivity contribution in [3.63, 3.8) is 0 Å². The van der Waals surface area contributed by atoms with Crippen molar-refractivity contribution in [2.75, 3.05) is 6.61 Å². The summed E-state index contributed by atoms with van der Waals surface area (Å²) in [5.41, 5.74) is 0. The van der Waals surface area contributed by atoms with Crippen LogP contribution in [0.15, 0.2) is 0 Å². The van der Waals surface area contributed by atoms with Gasteiger partial charge in [-0.05, 0) is 31.6 Å². The van der Waals surface area contributed by atoms with Gasteiger partial charge in [-0.3, -0.25) is 9.59 Å². The summed E-state index contributed by atoms with van der Waals surface area (Å²) in [5.74, 6) is -0.0412. The number of aliphatic hydroxyl groups is 1. The molecular formula is C19H34O5. The fourth-order valence-electron chi connectivity index (χ4n) is 3.30. The quantitative estimate of drug-likeness (QED) is 0.313. The average molecular weight is 342 g/mol. The predicted molar refractivity (Wildman–Crippen MR) is 92.5 cm³/mol. The minimum absolute atomic E-state index is 0.160. The first-order valence-corrected chi connectivity index (χ1v) is 9.60. The van der Waals surface area contributed by atoms with Crippen LogP contribution in [0, 0.1) is 5.92 Å². The molecule has 1 rings (SSSR count). The summed E-state index contributed by atoms with van der Waals surface area (Å²) < 4.78 is 10.2. The third kappa shape index (κ3) is 9.26. The molecule has 0 aliphatic heterocycles. The van der Waals surface area contributed by atoms with E-state index in [0.29, 0.717) is 32.3 Å². The van der Waals surface area contributed by atoms with Gasteiger partial charge in [-0.1, -0.05) is 51.9 Å². The Morgan fingerprint density at radius 2 is 1.75 bits per heavy atom. The molecule has 1 aliphatic carbocycles. The second-order valence-electron chi connectivity index (χ2n) is 6.93. The Kier molecular flexibility index (Phi) is 11.5. The molecule has 1 fully saturated rings. The monoisotopic (exact) mass is 342 g/mol. The second kappa shape index (κ2) is 13.2. The highest BCUT2D eigenvalue weighted by Gasteiger charge is 2.31. The van der Waals surface area contributed by atoms with Gasteiger partial charge in [-0.25, -0.2) is 0 Å². The minimum atomic E-state index is -0.651. The maximum absolute atomic E-state index is 11.9. The summed E-state index contributed by atoms with van der Waals surface area (Å²) in [6.45, 7) is 2.98. The molecule has 0 spiro atoms. The van der Waals surface area contributed by atoms with Crippen LogP contribution in [0.2, 0.25) is 0 Å². The number of hydrogen-bond donors (Lipinski definition) is 1. The predicted octanol–water partition coefficient (Wildman–Crippen LogP) is 3.76. The molecule has 0 heterocycles. The lowest BCUT2D eigenvalue weighted by Gasteiger charge is -2.32. The van der Waals surface area contributed by atoms with Gasteiger partial charge in [-0.15, -0.1) is 0 Å². The molecule has 24 heavy (non-hydrogen) atoms. The maximum atomic E-state index is 11.9. The first kappa shape index (κ1) is 20.9. The third-order valence-corrected chi connectivity index (χ3v) is 4.78. The molecule has 1 aliphatic rings. The largest absolute Gasteiger partial charge is 0.468 e. The van der Waals surface area contributed by atoms with Crippen molar-refractivity contribution in [2.24, 2.45) is 5.92 Å². The van der Waals surface area contributed by atoms with Gasteiger partial charge >= 0.3 is 5.97 Å². The highest BCUT2D eigenvalue weighted by molar-refractivity contribution is 5.69. The Labute approximate surface area is 146 Å². The summed E-state index contributed by atoms with van der Waals surface area (Å²) in [4.78, 5) is 22.1. The molecule has 140 valence electrons. The molecule has 1 N–H and O–H groups in total. The van der Waals surface area contributed by atoms with E-state index < -0.39 is 12.2 Å². The zero-order valence-corrected chi connectivity index (χ0v) is 15.1. The van der Waals surface area contributed by atoms with Gasteiger partial charge in [0.05, 0.1) is 12.7 Å². The van der Waals surface area contributed by atoms with Gasteiger partial charge in [0.1, 0.15) is 6.10 Å². The summed E-state index contributed by atoms with van der Waals surface area (Å²) >= 11 is 0. The van der Waals surface area contributed by atoms with Crippen LogP contribution in [0.25, 0.3) is 0 Å². The van der Waals surface area contributed by atoms with Gasteiger partial charge in [0.15, 0.2) is 0 Å². The number of rotatable bonds is 13. The van der Waals surface area contributed by atoms with E-state index in [1.807, 2.05) is 0 Å². The van der Waals surface area contributed by atoms with Gasteiger partial charge in [0.2, 0.25) is 0 Å². The van der Waals surface area contributed by atoms with E-state index in [-0.39, 0.29) is 11.9 Å². The smallest absolute Gasteiger partial charge is 0.306 e. The van der Waals surface area contributed by atoms with Crippen LogP contribution in [-0.4, -0.2) is 36.4 Å². The zero-order valence-electron chi connectivity index (χ0n) is 15.1. The molecule has 0 amide bonds. The van der Waals surface area contributed by atoms with E-state index in [1.54, 1.807) is 0 Å². The minimum Gasteiger partial charge on any atom is -0.468 e. The summed E-state index contributed by atoms with van der Waals surface area (Å²) in [5, 5.41) is 10.1. The first-order chi connectivity index (χ1) is 11.7. The number of carbonyl (C=O) groups excluding carboxylic acids is 2. The lowest BCUT2D eigenvalue weighted by molar-refractivity contribution is -0.159. The molecule has 5 heteroatoms. The SMILES string of the molecule is CCCCCCCCCCC(=O)OC1CCC(COC=O)CC1O. The van der Waals surface area contributed by atoms with Crippen LogP contribution in [0.5, 0.6) is 0 Å². The van der Waals surface area contributed by atoms with E-state index >= 15 is 0 Å². The van der Waals surface area contributed by atoms with Crippen molar-refractivity contribution >= 4 is 12.4 Å². The number of esters is 1. The van der Waals surface area contributed by atoms with Crippen LogP contribution in [-0.2, 0) is 19.1 Å². The van der Waals surface area contributed by atoms with Crippen LogP contribution in [0.1, 0.15) is 84.0 Å². The average Bonchev–Trinajstić information content (AvgIpc) is 2.57. The summed E-state index contributed by atoms with van der Waals surface area (Å²) in [6, 6.07) is 0. The number of aliphatic hydroxyl groups excluding tert-OH is 1. The molecular weight excluding hydrogens is 308 g/mol. The topological polar surface area (TPSA) is 72.8 Å². The Balaban J connectivity index is 2.05. The fourth-order valence-corrected chi connectivity index (χ4v) is 3.30. The van der Waals surface area contributed by atoms with Crippen LogP contribution in [0.3, 0.4) is 0 Å². The van der Waals surface area contributed by atoms with E-state index in [9.17, 15) is 14.7 Å². The van der Waals surface area contributed by atoms with Crippen molar-refractivity contribution in [1.29, 1.82) is 0 Å². The molecule has 0 aromatic heterocycles. The van der Waals surface area contributed by atoms with Gasteiger partial charge in [0, 0.05) is 6.42 Å². The molecule has 0 aromatic carbocycles. The zero-order chi connectivity index (χ0) is 17.6. The first-order valence-electron chi connectivity index (χ1n) is 9.60. The van der Waals surface area contributed by atoms with Gasteiger partial charge in [0.25, 0.3) is 6.47 Å². The number of hydrogen-bond acceptors (Lipinski definition) is 5. The Hall–Kier alpha value is -1.10. The second-order valence-corrected chi connectivity index (χ2v) is 6.93. The van der Waals surface area contributed by atoms with Crippen LogP contribution in [0.4, 0.5) is 0 Å². The molecule has 3 unspecified atom stereocenters. The summed E-state index contributed by atoms with van der Waals surface area (Å²) in [6.07, 6.45) is 10.9. The van der Waals surface area contributed by atoms with Crippen molar-refractivity contribution in [3.05, 3.63) is 0 Å². The standard InChI is InChI=1S/C19H34O5/c1-2-3-4-5-6-7-8-9-10-19(22)24-18-12-11-16(13-17(18)21)14-23-15-20/h15-18,21H,2-14H2,1H3. The Bertz CT molecular complexity index is 345. The van der Waals surface area contributed by atoms with E-state index in [2.05, 4.69) is 6.92 Å². The van der Waals surface area contributed by atoms with Gasteiger partial charge < -0.3 is 14.6 Å². The van der Waals surface area contributed by atoms with E-state index in [0.717, 1.165) is 19.3 Å². The van der Waals surface area contributed by atoms with Crippen molar-refractivity contribution in [3.8, 4) is 0 Å². The molecule has 3 atom stereocenters. The lowest BCUT2D eigenvalue weighted by Crippen LogP contribution is -2.38. The number of unbranched alkanes of at least 4 members (excludes halogenated alkanes) is 7. The van der Waals surface area contributed by atoms with Crippen LogP contribution < -0.4 is 0 Å². The molecule has 0 saturated heterocycles. The fraction of sp³-hybridized carbons (Fsp3) is 0.895. The highest BCUT2D eigenvalue weighted by atomic mass is 16.6. The summed E-state index contributed by atoms with van der Waals surface area (Å²) in [7, 11) is 0. The van der Waals surface area contributed by atoms with E-state index in [1.165, 1.54) is 38.5 Å². The normalized spacial score (nSPS) is 23.7. The van der Waals surface area contributed by atoms with Crippen molar-refractivity contribution in [2.45, 2.75) is 96.2 Å². The maximum Gasteiger partial charge on any atom is 0.306 e. The molecule has 0 aromatic rings. The molecule has 0 radical (unpaired) electrons. The van der Waals surface area contributed by atoms with Gasteiger partial charge in [-0.2, -0.15) is 0 Å². The highest BCUT2D eigenvalue weighted by Crippen LogP contribution is 2.27. The van der Waals surface area contributed by atoms with Crippen LogP contribution >= 0.6 is 0 Å². The Morgan fingerprint density at radius 3 is 2.38 bits per heavy atom. The molecule has 0 bridgehead atoms. The Morgan fingerprint density at radius 1 is 1.08 bits per heavy atom. The van der Waals surface area contributed by atoms with Crippen molar-refractivity contribution in [1.82, 2.24) is 0 Å². The lowest BCUT2D eigenvalue weighted by atomic mass is 9.86. The number of ether oxygens (including phenoxy) is 2. The molecule has 1 saturated carbocycles. The van der Waals surface area contributed by atoms with Crippen molar-refractivity contribution < 1.29 is 24.2 Å².